The maximum Gasteiger partial charge on any atom is 0.228 e. The first-order valence-corrected chi connectivity index (χ1v) is 5.57. The summed E-state index contributed by atoms with van der Waals surface area (Å²) in [5.74, 6) is 1.15. The highest BCUT2D eigenvalue weighted by Gasteiger charge is 2.17. The Kier molecular flexibility index (Phi) is 3.87. The molecule has 0 bridgehead atoms. The van der Waals surface area contributed by atoms with Crippen molar-refractivity contribution >= 4 is 5.91 Å². The van der Waals surface area contributed by atoms with Gasteiger partial charge in [0.25, 0.3) is 0 Å². The summed E-state index contributed by atoms with van der Waals surface area (Å²) >= 11 is 0. The Morgan fingerprint density at radius 3 is 3.31 bits per heavy atom. The van der Waals surface area contributed by atoms with Crippen molar-refractivity contribution in [1.29, 1.82) is 0 Å². The molecule has 0 saturated carbocycles. The van der Waals surface area contributed by atoms with E-state index in [2.05, 4.69) is 20.8 Å². The van der Waals surface area contributed by atoms with E-state index in [1.54, 1.807) is 0 Å². The van der Waals surface area contributed by atoms with Crippen LogP contribution in [0.5, 0.6) is 0 Å². The van der Waals surface area contributed by atoms with Crippen LogP contribution in [0.2, 0.25) is 0 Å². The van der Waals surface area contributed by atoms with Crippen molar-refractivity contribution in [3.8, 4) is 0 Å². The molecule has 1 aliphatic rings. The van der Waals surface area contributed by atoms with E-state index in [9.17, 15) is 4.79 Å². The number of nitrogens with one attached hydrogen (secondary N) is 2. The second kappa shape index (κ2) is 5.60. The molecule has 88 valence electrons. The SMILES string of the molecule is O=C(CC1CCNC1)NCCc1ncno1. The average Bonchev–Trinajstić information content (AvgIpc) is 2.90. The van der Waals surface area contributed by atoms with Crippen LogP contribution in [0.3, 0.4) is 0 Å². The van der Waals surface area contributed by atoms with E-state index in [4.69, 9.17) is 4.52 Å². The molecule has 1 fully saturated rings. The predicted molar refractivity (Wildman–Crippen MR) is 56.6 cm³/mol. The highest BCUT2D eigenvalue weighted by molar-refractivity contribution is 5.76. The van der Waals surface area contributed by atoms with Crippen LogP contribution in [-0.4, -0.2) is 35.7 Å². The van der Waals surface area contributed by atoms with E-state index in [1.165, 1.54) is 6.33 Å². The lowest BCUT2D eigenvalue weighted by Crippen LogP contribution is -2.28. The molecule has 2 N–H and O–H groups in total. The molecule has 6 nitrogen and oxygen atoms in total. The van der Waals surface area contributed by atoms with Gasteiger partial charge in [-0.05, 0) is 25.4 Å². The lowest BCUT2D eigenvalue weighted by atomic mass is 10.0. The number of amides is 1. The summed E-state index contributed by atoms with van der Waals surface area (Å²) in [7, 11) is 0. The Morgan fingerprint density at radius 1 is 1.69 bits per heavy atom. The first-order chi connectivity index (χ1) is 7.84. The van der Waals surface area contributed by atoms with Gasteiger partial charge in [0.1, 0.15) is 0 Å². The van der Waals surface area contributed by atoms with Crippen LogP contribution in [0, 0.1) is 5.92 Å². The lowest BCUT2D eigenvalue weighted by molar-refractivity contribution is -0.121. The third kappa shape index (κ3) is 3.30. The van der Waals surface area contributed by atoms with E-state index in [0.29, 0.717) is 31.2 Å². The molecule has 1 saturated heterocycles. The molecule has 6 heteroatoms. The number of hydrogen-bond donors (Lipinski definition) is 2. The summed E-state index contributed by atoms with van der Waals surface area (Å²) in [4.78, 5) is 15.4. The third-order valence-electron chi connectivity index (χ3n) is 2.70. The first kappa shape index (κ1) is 11.1. The normalized spacial score (nSPS) is 19.9. The second-order valence-corrected chi connectivity index (χ2v) is 4.00. The van der Waals surface area contributed by atoms with Crippen molar-refractivity contribution in [2.45, 2.75) is 19.3 Å². The monoisotopic (exact) mass is 224 g/mol. The van der Waals surface area contributed by atoms with E-state index in [1.807, 2.05) is 0 Å². The van der Waals surface area contributed by atoms with E-state index in [0.717, 1.165) is 19.5 Å². The fraction of sp³-hybridized carbons (Fsp3) is 0.700. The first-order valence-electron chi connectivity index (χ1n) is 5.57. The minimum absolute atomic E-state index is 0.105. The molecule has 2 rings (SSSR count). The summed E-state index contributed by atoms with van der Waals surface area (Å²) in [6.45, 7) is 2.54. The summed E-state index contributed by atoms with van der Waals surface area (Å²) in [5, 5.41) is 9.59. The van der Waals surface area contributed by atoms with Crippen molar-refractivity contribution < 1.29 is 9.32 Å². The Bertz CT molecular complexity index is 320. The zero-order valence-corrected chi connectivity index (χ0v) is 9.11. The summed E-state index contributed by atoms with van der Waals surface area (Å²) in [6, 6.07) is 0. The molecule has 0 radical (unpaired) electrons. The van der Waals surface area contributed by atoms with Gasteiger partial charge in [-0.25, -0.2) is 0 Å². The van der Waals surface area contributed by atoms with Gasteiger partial charge in [-0.2, -0.15) is 4.98 Å². The minimum atomic E-state index is 0.105. The molecular weight excluding hydrogens is 208 g/mol. The molecule has 0 aliphatic carbocycles. The molecule has 1 amide bonds. The van der Waals surface area contributed by atoms with Crippen LogP contribution in [0.25, 0.3) is 0 Å². The Balaban J connectivity index is 1.60. The molecule has 1 atom stereocenters. The van der Waals surface area contributed by atoms with Gasteiger partial charge in [0, 0.05) is 19.4 Å². The highest BCUT2D eigenvalue weighted by atomic mass is 16.5. The van der Waals surface area contributed by atoms with Crippen molar-refractivity contribution in [3.63, 3.8) is 0 Å². The van der Waals surface area contributed by atoms with Crippen molar-refractivity contribution in [2.24, 2.45) is 5.92 Å². The fourth-order valence-corrected chi connectivity index (χ4v) is 1.84. The number of aromatic nitrogens is 2. The average molecular weight is 224 g/mol. The van der Waals surface area contributed by atoms with Gasteiger partial charge in [-0.15, -0.1) is 0 Å². The molecule has 1 aromatic heterocycles. The quantitative estimate of drug-likeness (QED) is 0.719. The molecule has 1 aromatic rings. The van der Waals surface area contributed by atoms with Crippen LogP contribution in [0.15, 0.2) is 10.9 Å². The molecule has 1 aliphatic heterocycles. The smallest absolute Gasteiger partial charge is 0.228 e. The van der Waals surface area contributed by atoms with Gasteiger partial charge in [0.05, 0.1) is 0 Å². The number of rotatable bonds is 5. The molecule has 0 aromatic carbocycles. The predicted octanol–water partition coefficient (Wildman–Crippen LogP) is -0.272. The maximum absolute atomic E-state index is 11.5. The van der Waals surface area contributed by atoms with E-state index in [-0.39, 0.29) is 5.91 Å². The van der Waals surface area contributed by atoms with E-state index < -0.39 is 0 Å². The minimum Gasteiger partial charge on any atom is -0.356 e. The molecular formula is C10H16N4O2. The molecule has 2 heterocycles. The number of carbonyl (C=O) groups is 1. The standard InChI is InChI=1S/C10H16N4O2/c15-9(5-8-1-3-11-6-8)12-4-2-10-13-7-14-16-10/h7-8,11H,1-6H2,(H,12,15). The number of nitrogens with zero attached hydrogens (tertiary/aromatic N) is 2. The third-order valence-corrected chi connectivity index (χ3v) is 2.70. The number of carbonyl (C=O) groups excluding carboxylic acids is 1. The van der Waals surface area contributed by atoms with Crippen molar-refractivity contribution in [1.82, 2.24) is 20.8 Å². The van der Waals surface area contributed by atoms with Gasteiger partial charge in [-0.1, -0.05) is 5.16 Å². The summed E-state index contributed by atoms with van der Waals surface area (Å²) < 4.78 is 4.83. The highest BCUT2D eigenvalue weighted by Crippen LogP contribution is 2.11. The molecule has 16 heavy (non-hydrogen) atoms. The molecule has 0 spiro atoms. The zero-order valence-electron chi connectivity index (χ0n) is 9.11. The zero-order chi connectivity index (χ0) is 11.2. The fourth-order valence-electron chi connectivity index (χ4n) is 1.84. The number of hydrogen-bond acceptors (Lipinski definition) is 5. The van der Waals surface area contributed by atoms with Crippen LogP contribution in [0.4, 0.5) is 0 Å². The van der Waals surface area contributed by atoms with Crippen LogP contribution >= 0.6 is 0 Å². The lowest BCUT2D eigenvalue weighted by Gasteiger charge is -2.07. The largest absolute Gasteiger partial charge is 0.356 e. The summed E-state index contributed by atoms with van der Waals surface area (Å²) in [5.41, 5.74) is 0. The van der Waals surface area contributed by atoms with Gasteiger partial charge in [0.15, 0.2) is 6.33 Å². The van der Waals surface area contributed by atoms with Gasteiger partial charge < -0.3 is 15.2 Å². The Labute approximate surface area is 93.8 Å². The van der Waals surface area contributed by atoms with Gasteiger partial charge in [-0.3, -0.25) is 4.79 Å². The van der Waals surface area contributed by atoms with E-state index >= 15 is 0 Å². The van der Waals surface area contributed by atoms with Crippen molar-refractivity contribution in [2.75, 3.05) is 19.6 Å². The summed E-state index contributed by atoms with van der Waals surface area (Å²) in [6.07, 6.45) is 3.66. The molecule has 1 unspecified atom stereocenters. The maximum atomic E-state index is 11.5. The Hall–Kier alpha value is -1.43. The van der Waals surface area contributed by atoms with Gasteiger partial charge in [0.2, 0.25) is 11.8 Å². The second-order valence-electron chi connectivity index (χ2n) is 4.00. The van der Waals surface area contributed by atoms with Gasteiger partial charge >= 0.3 is 0 Å². The topological polar surface area (TPSA) is 80.0 Å². The van der Waals surface area contributed by atoms with Crippen molar-refractivity contribution in [3.05, 3.63) is 12.2 Å². The van der Waals surface area contributed by atoms with Crippen LogP contribution < -0.4 is 10.6 Å². The van der Waals surface area contributed by atoms with Crippen LogP contribution in [-0.2, 0) is 11.2 Å². The Morgan fingerprint density at radius 2 is 2.62 bits per heavy atom. The van der Waals surface area contributed by atoms with Crippen LogP contribution in [0.1, 0.15) is 18.7 Å².